The lowest BCUT2D eigenvalue weighted by atomic mass is 10.1. The van der Waals surface area contributed by atoms with Gasteiger partial charge in [-0.05, 0) is 57.5 Å². The van der Waals surface area contributed by atoms with Crippen LogP contribution in [0.1, 0.15) is 53.6 Å². The number of piperidine rings is 1. The standard InChI is InChI=1S/C17H22ClN5O/c1-11(13-3-5-14(18)6-4-13)20-17(24)16-12(2)23(22-21-16)15-7-9-19-10-8-15/h3-6,11,15,19H,7-10H2,1-2H3,(H,20,24). The maximum absolute atomic E-state index is 12.5. The second kappa shape index (κ2) is 7.32. The van der Waals surface area contributed by atoms with Crippen LogP contribution in [-0.4, -0.2) is 34.0 Å². The summed E-state index contributed by atoms with van der Waals surface area (Å²) in [6, 6.07) is 7.64. The summed E-state index contributed by atoms with van der Waals surface area (Å²) < 4.78 is 1.89. The van der Waals surface area contributed by atoms with Crippen LogP contribution in [0.25, 0.3) is 0 Å². The summed E-state index contributed by atoms with van der Waals surface area (Å²) >= 11 is 5.90. The van der Waals surface area contributed by atoms with Crippen molar-refractivity contribution in [2.75, 3.05) is 13.1 Å². The maximum atomic E-state index is 12.5. The first-order valence-corrected chi connectivity index (χ1v) is 8.63. The predicted molar refractivity (Wildman–Crippen MR) is 93.2 cm³/mol. The van der Waals surface area contributed by atoms with Crippen molar-refractivity contribution < 1.29 is 4.79 Å². The van der Waals surface area contributed by atoms with E-state index in [1.54, 1.807) is 0 Å². The first-order chi connectivity index (χ1) is 11.6. The van der Waals surface area contributed by atoms with Crippen LogP contribution < -0.4 is 10.6 Å². The number of benzene rings is 1. The number of amides is 1. The van der Waals surface area contributed by atoms with Crippen LogP contribution in [0.15, 0.2) is 24.3 Å². The fourth-order valence-electron chi connectivity index (χ4n) is 3.05. The van der Waals surface area contributed by atoms with Crippen LogP contribution in [-0.2, 0) is 0 Å². The van der Waals surface area contributed by atoms with E-state index in [-0.39, 0.29) is 11.9 Å². The number of carbonyl (C=O) groups is 1. The van der Waals surface area contributed by atoms with Crippen molar-refractivity contribution in [2.24, 2.45) is 0 Å². The van der Waals surface area contributed by atoms with Gasteiger partial charge in [0, 0.05) is 5.02 Å². The zero-order chi connectivity index (χ0) is 17.1. The van der Waals surface area contributed by atoms with Crippen molar-refractivity contribution in [3.05, 3.63) is 46.2 Å². The molecule has 1 aliphatic rings. The zero-order valence-corrected chi connectivity index (χ0v) is 14.7. The number of hydrogen-bond acceptors (Lipinski definition) is 4. The van der Waals surface area contributed by atoms with Gasteiger partial charge in [0.05, 0.1) is 17.8 Å². The largest absolute Gasteiger partial charge is 0.344 e. The number of aromatic nitrogens is 3. The van der Waals surface area contributed by atoms with Crippen LogP contribution in [0.5, 0.6) is 0 Å². The Labute approximate surface area is 146 Å². The Balaban J connectivity index is 1.70. The predicted octanol–water partition coefficient (Wildman–Crippen LogP) is 2.66. The average molecular weight is 348 g/mol. The van der Waals surface area contributed by atoms with Crippen LogP contribution in [0.2, 0.25) is 5.02 Å². The Kier molecular flexibility index (Phi) is 5.16. The van der Waals surface area contributed by atoms with E-state index in [2.05, 4.69) is 20.9 Å². The monoisotopic (exact) mass is 347 g/mol. The third kappa shape index (κ3) is 3.60. The van der Waals surface area contributed by atoms with Gasteiger partial charge >= 0.3 is 0 Å². The molecule has 0 radical (unpaired) electrons. The Bertz CT molecular complexity index is 706. The number of rotatable bonds is 4. The minimum absolute atomic E-state index is 0.127. The normalized spacial score (nSPS) is 16.8. The fraction of sp³-hybridized carbons (Fsp3) is 0.471. The summed E-state index contributed by atoms with van der Waals surface area (Å²) in [5.41, 5.74) is 2.22. The van der Waals surface area contributed by atoms with Crippen molar-refractivity contribution in [3.63, 3.8) is 0 Å². The van der Waals surface area contributed by atoms with Crippen LogP contribution in [0, 0.1) is 6.92 Å². The lowest BCUT2D eigenvalue weighted by molar-refractivity contribution is 0.0934. The van der Waals surface area contributed by atoms with Gasteiger partial charge in [-0.15, -0.1) is 5.10 Å². The smallest absolute Gasteiger partial charge is 0.274 e. The topological polar surface area (TPSA) is 71.8 Å². The van der Waals surface area contributed by atoms with E-state index in [4.69, 9.17) is 11.6 Å². The summed E-state index contributed by atoms with van der Waals surface area (Å²) in [4.78, 5) is 12.5. The summed E-state index contributed by atoms with van der Waals surface area (Å²) in [6.45, 7) is 5.79. The van der Waals surface area contributed by atoms with Gasteiger partial charge in [0.25, 0.3) is 5.91 Å². The van der Waals surface area contributed by atoms with Gasteiger partial charge in [0.1, 0.15) is 0 Å². The summed E-state index contributed by atoms with van der Waals surface area (Å²) in [5.74, 6) is -0.199. The molecule has 1 aromatic heterocycles. The number of nitrogens with zero attached hydrogens (tertiary/aromatic N) is 3. The molecule has 0 saturated carbocycles. The molecule has 0 bridgehead atoms. The molecule has 2 heterocycles. The molecule has 1 atom stereocenters. The Morgan fingerprint density at radius 3 is 2.67 bits per heavy atom. The Hall–Kier alpha value is -1.92. The minimum atomic E-state index is -0.199. The Morgan fingerprint density at radius 1 is 1.33 bits per heavy atom. The molecule has 3 rings (SSSR count). The van der Waals surface area contributed by atoms with Crippen LogP contribution >= 0.6 is 11.6 Å². The first-order valence-electron chi connectivity index (χ1n) is 8.25. The van der Waals surface area contributed by atoms with Crippen molar-refractivity contribution in [3.8, 4) is 0 Å². The van der Waals surface area contributed by atoms with Gasteiger partial charge in [-0.2, -0.15) is 0 Å². The third-order valence-corrected chi connectivity index (χ3v) is 4.77. The maximum Gasteiger partial charge on any atom is 0.274 e. The molecule has 1 amide bonds. The molecule has 128 valence electrons. The molecule has 2 N–H and O–H groups in total. The molecule has 0 aliphatic carbocycles. The Morgan fingerprint density at radius 2 is 2.00 bits per heavy atom. The second-order valence-corrected chi connectivity index (χ2v) is 6.63. The van der Waals surface area contributed by atoms with Crippen molar-refractivity contribution in [1.82, 2.24) is 25.6 Å². The van der Waals surface area contributed by atoms with Gasteiger partial charge in [-0.3, -0.25) is 4.79 Å². The highest BCUT2D eigenvalue weighted by Gasteiger charge is 2.23. The van der Waals surface area contributed by atoms with Crippen molar-refractivity contribution >= 4 is 17.5 Å². The molecule has 0 spiro atoms. The van der Waals surface area contributed by atoms with E-state index in [1.807, 2.05) is 42.8 Å². The molecule has 7 heteroatoms. The number of nitrogens with one attached hydrogen (secondary N) is 2. The van der Waals surface area contributed by atoms with E-state index < -0.39 is 0 Å². The average Bonchev–Trinajstić information content (AvgIpc) is 2.98. The van der Waals surface area contributed by atoms with Crippen LogP contribution in [0.3, 0.4) is 0 Å². The van der Waals surface area contributed by atoms with E-state index >= 15 is 0 Å². The van der Waals surface area contributed by atoms with Gasteiger partial charge < -0.3 is 10.6 Å². The van der Waals surface area contributed by atoms with E-state index in [0.717, 1.165) is 37.2 Å². The SMILES string of the molecule is Cc1c(C(=O)NC(C)c2ccc(Cl)cc2)nnn1C1CCNCC1. The third-order valence-electron chi connectivity index (χ3n) is 4.51. The second-order valence-electron chi connectivity index (χ2n) is 6.20. The fourth-order valence-corrected chi connectivity index (χ4v) is 3.17. The lowest BCUT2D eigenvalue weighted by Gasteiger charge is -2.23. The van der Waals surface area contributed by atoms with Gasteiger partial charge in [-0.25, -0.2) is 4.68 Å². The zero-order valence-electron chi connectivity index (χ0n) is 13.9. The summed E-state index contributed by atoms with van der Waals surface area (Å²) in [6.07, 6.45) is 2.01. The molecule has 1 unspecified atom stereocenters. The van der Waals surface area contributed by atoms with E-state index in [0.29, 0.717) is 16.8 Å². The molecule has 2 aromatic rings. The molecule has 1 fully saturated rings. The molecule has 1 saturated heterocycles. The van der Waals surface area contributed by atoms with E-state index in [1.165, 1.54) is 0 Å². The molecule has 1 aliphatic heterocycles. The van der Waals surface area contributed by atoms with Gasteiger partial charge in [-0.1, -0.05) is 28.9 Å². The van der Waals surface area contributed by atoms with Crippen molar-refractivity contribution in [2.45, 2.75) is 38.8 Å². The highest BCUT2D eigenvalue weighted by Crippen LogP contribution is 2.21. The quantitative estimate of drug-likeness (QED) is 0.892. The highest BCUT2D eigenvalue weighted by atomic mass is 35.5. The minimum Gasteiger partial charge on any atom is -0.344 e. The van der Waals surface area contributed by atoms with Gasteiger partial charge in [0.15, 0.2) is 5.69 Å². The number of hydrogen-bond donors (Lipinski definition) is 2. The number of halogens is 1. The lowest BCUT2D eigenvalue weighted by Crippen LogP contribution is -2.31. The molecule has 1 aromatic carbocycles. The van der Waals surface area contributed by atoms with E-state index in [9.17, 15) is 4.79 Å². The first kappa shape index (κ1) is 16.9. The summed E-state index contributed by atoms with van der Waals surface area (Å²) in [7, 11) is 0. The van der Waals surface area contributed by atoms with Crippen LogP contribution in [0.4, 0.5) is 0 Å². The molecular weight excluding hydrogens is 326 g/mol. The molecule has 6 nitrogen and oxygen atoms in total. The van der Waals surface area contributed by atoms with Gasteiger partial charge in [0.2, 0.25) is 0 Å². The molecular formula is C17H22ClN5O. The number of carbonyl (C=O) groups excluding carboxylic acids is 1. The summed E-state index contributed by atoms with van der Waals surface area (Å²) in [5, 5.41) is 15.3. The van der Waals surface area contributed by atoms with Crippen molar-refractivity contribution in [1.29, 1.82) is 0 Å². The molecule has 24 heavy (non-hydrogen) atoms. The highest BCUT2D eigenvalue weighted by molar-refractivity contribution is 6.30.